The number of β-amino-alcohol motifs (C(OH)–C–C–N with tert-alkyl or cyclic N) is 1. The number of hydrogen-bond acceptors (Lipinski definition) is 3. The zero-order valence-corrected chi connectivity index (χ0v) is 11.0. The molecule has 1 aromatic rings. The Kier molecular flexibility index (Phi) is 4.80. The highest BCUT2D eigenvalue weighted by Gasteiger charge is 2.16. The number of aliphatic hydroxyl groups is 1. The summed E-state index contributed by atoms with van der Waals surface area (Å²) in [6.07, 6.45) is 1.90. The normalized spacial score (nSPS) is 17.9. The first-order chi connectivity index (χ1) is 8.66. The maximum atomic E-state index is 13.6. The molecule has 0 radical (unpaired) electrons. The van der Waals surface area contributed by atoms with Gasteiger partial charge in [-0.2, -0.15) is 0 Å². The molecule has 0 aliphatic carbocycles. The second kappa shape index (κ2) is 6.36. The molecular formula is C13H18ClFN2O. The molecule has 18 heavy (non-hydrogen) atoms. The van der Waals surface area contributed by atoms with Crippen LogP contribution in [0.2, 0.25) is 5.02 Å². The van der Waals surface area contributed by atoms with E-state index in [1.807, 2.05) is 0 Å². The number of anilines is 1. The van der Waals surface area contributed by atoms with Crippen LogP contribution in [-0.4, -0.2) is 42.3 Å². The van der Waals surface area contributed by atoms with Crippen molar-refractivity contribution in [1.82, 2.24) is 4.90 Å². The SMILES string of the molecule is OC(CNc1cccc(Cl)c1F)CN1CCCC1. The Bertz CT molecular complexity index is 397. The number of benzene rings is 1. The van der Waals surface area contributed by atoms with E-state index in [2.05, 4.69) is 10.2 Å². The second-order valence-electron chi connectivity index (χ2n) is 4.64. The van der Waals surface area contributed by atoms with E-state index in [1.54, 1.807) is 12.1 Å². The molecule has 1 atom stereocenters. The molecule has 1 aromatic carbocycles. The first-order valence-electron chi connectivity index (χ1n) is 6.25. The first-order valence-corrected chi connectivity index (χ1v) is 6.63. The summed E-state index contributed by atoms with van der Waals surface area (Å²) in [5.41, 5.74) is 0.336. The highest BCUT2D eigenvalue weighted by Crippen LogP contribution is 2.21. The smallest absolute Gasteiger partial charge is 0.164 e. The van der Waals surface area contributed by atoms with Crippen LogP contribution in [0.15, 0.2) is 18.2 Å². The molecule has 1 aliphatic heterocycles. The van der Waals surface area contributed by atoms with Crippen molar-refractivity contribution in [2.45, 2.75) is 18.9 Å². The van der Waals surface area contributed by atoms with Gasteiger partial charge in [-0.3, -0.25) is 0 Å². The topological polar surface area (TPSA) is 35.5 Å². The minimum atomic E-state index is -0.499. The molecule has 1 saturated heterocycles. The molecule has 2 N–H and O–H groups in total. The Morgan fingerprint density at radius 1 is 1.39 bits per heavy atom. The van der Waals surface area contributed by atoms with E-state index >= 15 is 0 Å². The Morgan fingerprint density at radius 3 is 2.83 bits per heavy atom. The highest BCUT2D eigenvalue weighted by molar-refractivity contribution is 6.31. The van der Waals surface area contributed by atoms with Gasteiger partial charge in [0.1, 0.15) is 0 Å². The molecule has 0 spiro atoms. The van der Waals surface area contributed by atoms with E-state index in [9.17, 15) is 9.50 Å². The van der Waals surface area contributed by atoms with Crippen molar-refractivity contribution < 1.29 is 9.50 Å². The summed E-state index contributed by atoms with van der Waals surface area (Å²) in [6, 6.07) is 4.80. The molecule has 5 heteroatoms. The van der Waals surface area contributed by atoms with Crippen molar-refractivity contribution >= 4 is 17.3 Å². The fourth-order valence-electron chi connectivity index (χ4n) is 2.20. The monoisotopic (exact) mass is 272 g/mol. The number of rotatable bonds is 5. The van der Waals surface area contributed by atoms with Gasteiger partial charge < -0.3 is 15.3 Å². The van der Waals surface area contributed by atoms with Crippen molar-refractivity contribution in [3.05, 3.63) is 29.0 Å². The third-order valence-corrected chi connectivity index (χ3v) is 3.44. The lowest BCUT2D eigenvalue weighted by Gasteiger charge is -2.20. The lowest BCUT2D eigenvalue weighted by Crippen LogP contribution is -2.34. The predicted molar refractivity (Wildman–Crippen MR) is 71.6 cm³/mol. The maximum absolute atomic E-state index is 13.6. The van der Waals surface area contributed by atoms with Crippen LogP contribution >= 0.6 is 11.6 Å². The minimum Gasteiger partial charge on any atom is -0.390 e. The van der Waals surface area contributed by atoms with Crippen LogP contribution in [0, 0.1) is 5.82 Å². The average molecular weight is 273 g/mol. The average Bonchev–Trinajstić information content (AvgIpc) is 2.84. The predicted octanol–water partition coefficient (Wildman–Crippen LogP) is 2.35. The van der Waals surface area contributed by atoms with Crippen LogP contribution in [0.25, 0.3) is 0 Å². The summed E-state index contributed by atoms with van der Waals surface area (Å²) in [5.74, 6) is -0.465. The van der Waals surface area contributed by atoms with Gasteiger partial charge in [0.15, 0.2) is 5.82 Å². The summed E-state index contributed by atoms with van der Waals surface area (Å²) in [5, 5.41) is 12.9. The molecule has 0 bridgehead atoms. The van der Waals surface area contributed by atoms with Crippen molar-refractivity contribution in [2.75, 3.05) is 31.5 Å². The fraction of sp³-hybridized carbons (Fsp3) is 0.538. The maximum Gasteiger partial charge on any atom is 0.164 e. The molecule has 1 aliphatic rings. The van der Waals surface area contributed by atoms with E-state index in [0.29, 0.717) is 18.8 Å². The number of nitrogens with zero attached hydrogens (tertiary/aromatic N) is 1. The van der Waals surface area contributed by atoms with Gasteiger partial charge >= 0.3 is 0 Å². The Labute approximate surface area is 112 Å². The van der Waals surface area contributed by atoms with E-state index in [4.69, 9.17) is 11.6 Å². The van der Waals surface area contributed by atoms with Gasteiger partial charge in [0, 0.05) is 13.1 Å². The standard InChI is InChI=1S/C13H18ClFN2O/c14-11-4-3-5-12(13(11)15)16-8-10(18)9-17-6-1-2-7-17/h3-5,10,16,18H,1-2,6-9H2. The van der Waals surface area contributed by atoms with Crippen molar-refractivity contribution in [1.29, 1.82) is 0 Å². The Balaban J connectivity index is 1.81. The summed E-state index contributed by atoms with van der Waals surface area (Å²) in [4.78, 5) is 2.22. The molecule has 0 aromatic heterocycles. The molecule has 100 valence electrons. The third-order valence-electron chi connectivity index (χ3n) is 3.15. The van der Waals surface area contributed by atoms with Gasteiger partial charge in [-0.15, -0.1) is 0 Å². The summed E-state index contributed by atoms with van der Waals surface area (Å²) in [7, 11) is 0. The molecular weight excluding hydrogens is 255 g/mol. The largest absolute Gasteiger partial charge is 0.390 e. The van der Waals surface area contributed by atoms with Crippen LogP contribution in [0.3, 0.4) is 0 Å². The number of aliphatic hydroxyl groups excluding tert-OH is 1. The van der Waals surface area contributed by atoms with E-state index in [-0.39, 0.29) is 5.02 Å². The van der Waals surface area contributed by atoms with Gasteiger partial charge in [-0.25, -0.2) is 4.39 Å². The van der Waals surface area contributed by atoms with Crippen molar-refractivity contribution in [3.8, 4) is 0 Å². The van der Waals surface area contributed by atoms with Crippen LogP contribution in [-0.2, 0) is 0 Å². The van der Waals surface area contributed by atoms with Gasteiger partial charge in [0.25, 0.3) is 0 Å². The molecule has 2 rings (SSSR count). The highest BCUT2D eigenvalue weighted by atomic mass is 35.5. The second-order valence-corrected chi connectivity index (χ2v) is 5.05. The summed E-state index contributed by atoms with van der Waals surface area (Å²) < 4.78 is 13.6. The van der Waals surface area contributed by atoms with Crippen LogP contribution in [0.4, 0.5) is 10.1 Å². The van der Waals surface area contributed by atoms with E-state index < -0.39 is 11.9 Å². The minimum absolute atomic E-state index is 0.0917. The first kappa shape index (κ1) is 13.6. The molecule has 1 unspecified atom stereocenters. The number of hydrogen-bond donors (Lipinski definition) is 2. The lowest BCUT2D eigenvalue weighted by molar-refractivity contribution is 0.135. The van der Waals surface area contributed by atoms with Crippen molar-refractivity contribution in [3.63, 3.8) is 0 Å². The van der Waals surface area contributed by atoms with Crippen LogP contribution < -0.4 is 5.32 Å². The fourth-order valence-corrected chi connectivity index (χ4v) is 2.37. The van der Waals surface area contributed by atoms with Crippen LogP contribution in [0.5, 0.6) is 0 Å². The van der Waals surface area contributed by atoms with Gasteiger partial charge in [0.05, 0.1) is 16.8 Å². The number of nitrogens with one attached hydrogen (secondary N) is 1. The molecule has 0 amide bonds. The molecule has 3 nitrogen and oxygen atoms in total. The molecule has 0 saturated carbocycles. The van der Waals surface area contributed by atoms with Crippen molar-refractivity contribution in [2.24, 2.45) is 0 Å². The lowest BCUT2D eigenvalue weighted by atomic mass is 10.2. The Hall–Kier alpha value is -0.840. The third kappa shape index (κ3) is 3.57. The Morgan fingerprint density at radius 2 is 2.11 bits per heavy atom. The zero-order chi connectivity index (χ0) is 13.0. The summed E-state index contributed by atoms with van der Waals surface area (Å²) in [6.45, 7) is 3.05. The van der Waals surface area contributed by atoms with Crippen LogP contribution in [0.1, 0.15) is 12.8 Å². The van der Waals surface area contributed by atoms with E-state index in [0.717, 1.165) is 13.1 Å². The van der Waals surface area contributed by atoms with Gasteiger partial charge in [0.2, 0.25) is 0 Å². The van der Waals surface area contributed by atoms with Gasteiger partial charge in [-0.1, -0.05) is 17.7 Å². The van der Waals surface area contributed by atoms with Gasteiger partial charge in [-0.05, 0) is 38.1 Å². The quantitative estimate of drug-likeness (QED) is 0.864. The van der Waals surface area contributed by atoms with E-state index in [1.165, 1.54) is 18.9 Å². The zero-order valence-electron chi connectivity index (χ0n) is 10.2. The number of likely N-dealkylation sites (tertiary alicyclic amines) is 1. The number of halogens is 2. The summed E-state index contributed by atoms with van der Waals surface area (Å²) >= 11 is 5.68. The molecule has 1 fully saturated rings. The molecule has 1 heterocycles.